The number of benzene rings is 2. The van der Waals surface area contributed by atoms with Crippen LogP contribution < -0.4 is 20.7 Å². The molecule has 0 radical (unpaired) electrons. The van der Waals surface area contributed by atoms with Crippen molar-refractivity contribution in [3.63, 3.8) is 0 Å². The fourth-order valence-corrected chi connectivity index (χ4v) is 6.90. The van der Waals surface area contributed by atoms with Gasteiger partial charge in [0.25, 0.3) is 0 Å². The fraction of sp³-hybridized carbons (Fsp3) is 0.385. The topological polar surface area (TPSA) is 122 Å². The minimum atomic E-state index is -0.526. The standard InChI is InChI=1S/C52H62O9/c1-34(2)17-14-21-37(5)31-42(32-38(6)28-30-46-50(59-41(9)54)44-24-11-13-26-48(44)61-52(46)56)57-33-39(7)22-16-19-35(3)18-15-20-36(4)27-29-45-49(58-40(8)53)43-23-10-12-25-47(43)60-51(45)55/h10-13,17-18,22-28,31,42H,14-16,19-21,29-30,32-33H2,1-9H3/b35-18+,36-27+,37-31+,38-28+,39-22-. The van der Waals surface area contributed by atoms with Crippen LogP contribution in [-0.4, -0.2) is 24.6 Å². The summed E-state index contributed by atoms with van der Waals surface area (Å²) in [5.74, 6) is -0.484. The van der Waals surface area contributed by atoms with Crippen molar-refractivity contribution >= 4 is 33.9 Å². The lowest BCUT2D eigenvalue weighted by molar-refractivity contribution is -0.132. The Morgan fingerprint density at radius 2 is 1.00 bits per heavy atom. The molecule has 2 heterocycles. The first-order chi connectivity index (χ1) is 29.1. The fourth-order valence-electron chi connectivity index (χ4n) is 6.90. The van der Waals surface area contributed by atoms with Gasteiger partial charge in [-0.05, 0) is 118 Å². The average molecular weight is 831 g/mol. The number of para-hydroxylation sites is 2. The van der Waals surface area contributed by atoms with E-state index in [-0.39, 0.29) is 24.0 Å². The summed E-state index contributed by atoms with van der Waals surface area (Å²) in [4.78, 5) is 49.7. The molecule has 0 spiro atoms. The van der Waals surface area contributed by atoms with Crippen LogP contribution in [0.25, 0.3) is 21.9 Å². The Kier molecular flexibility index (Phi) is 18.7. The Morgan fingerprint density at radius 1 is 0.557 bits per heavy atom. The number of esters is 2. The van der Waals surface area contributed by atoms with Gasteiger partial charge < -0.3 is 23.0 Å². The number of fused-ring (bicyclic) bond motifs is 2. The molecule has 2 aromatic heterocycles. The van der Waals surface area contributed by atoms with Gasteiger partial charge >= 0.3 is 23.2 Å². The third kappa shape index (κ3) is 15.6. The summed E-state index contributed by atoms with van der Waals surface area (Å²) in [6, 6.07) is 14.1. The Labute approximate surface area is 360 Å². The van der Waals surface area contributed by atoms with E-state index in [0.29, 0.717) is 52.5 Å². The maximum absolute atomic E-state index is 13.0. The van der Waals surface area contributed by atoms with Gasteiger partial charge in [0, 0.05) is 26.7 Å². The summed E-state index contributed by atoms with van der Waals surface area (Å²) in [7, 11) is 0. The van der Waals surface area contributed by atoms with Gasteiger partial charge in [-0.15, -0.1) is 0 Å². The number of rotatable bonds is 21. The molecular formula is C52H62O9. The van der Waals surface area contributed by atoms with E-state index in [0.717, 1.165) is 55.2 Å². The van der Waals surface area contributed by atoms with Crippen LogP contribution in [0.5, 0.6) is 11.5 Å². The SMILES string of the molecule is CC(=O)Oc1c(C/C=C(\C)CC/C=C(\C)CC/C=C(/C)COC(/C=C(\C)CCC=C(C)C)C/C(C)=C/Cc2c(OC(C)=O)c3ccccc3oc2=O)c(=O)oc2ccccc12. The predicted molar refractivity (Wildman–Crippen MR) is 245 cm³/mol. The normalized spacial score (nSPS) is 13.4. The van der Waals surface area contributed by atoms with E-state index in [1.165, 1.54) is 30.6 Å². The molecule has 0 saturated heterocycles. The van der Waals surface area contributed by atoms with Crippen LogP contribution in [0.2, 0.25) is 0 Å². The van der Waals surface area contributed by atoms with Crippen molar-refractivity contribution in [3.8, 4) is 11.5 Å². The first kappa shape index (κ1) is 47.9. The first-order valence-corrected chi connectivity index (χ1v) is 21.1. The molecule has 0 aliphatic carbocycles. The highest BCUT2D eigenvalue weighted by Crippen LogP contribution is 2.30. The summed E-state index contributed by atoms with van der Waals surface area (Å²) >= 11 is 0. The van der Waals surface area contributed by atoms with Gasteiger partial charge in [-0.1, -0.05) is 94.2 Å². The number of carbonyl (C=O) groups is 2. The van der Waals surface area contributed by atoms with Crippen molar-refractivity contribution in [1.29, 1.82) is 0 Å². The average Bonchev–Trinajstić information content (AvgIpc) is 3.19. The summed E-state index contributed by atoms with van der Waals surface area (Å²) in [6.07, 6.45) is 19.4. The highest BCUT2D eigenvalue weighted by Gasteiger charge is 2.19. The van der Waals surface area contributed by atoms with Crippen LogP contribution in [0.1, 0.15) is 118 Å². The highest BCUT2D eigenvalue weighted by atomic mass is 16.5. The summed E-state index contributed by atoms with van der Waals surface area (Å²) in [5, 5.41) is 1.17. The van der Waals surface area contributed by atoms with E-state index in [9.17, 15) is 19.2 Å². The van der Waals surface area contributed by atoms with Crippen molar-refractivity contribution in [2.75, 3.05) is 6.61 Å². The maximum atomic E-state index is 13.0. The molecule has 0 saturated carbocycles. The largest absolute Gasteiger partial charge is 0.425 e. The third-order valence-corrected chi connectivity index (χ3v) is 10.2. The molecule has 4 aromatic rings. The van der Waals surface area contributed by atoms with Gasteiger partial charge in [0.2, 0.25) is 0 Å². The van der Waals surface area contributed by atoms with Gasteiger partial charge in [-0.25, -0.2) is 9.59 Å². The number of carbonyl (C=O) groups excluding carboxylic acids is 2. The Hall–Kier alpha value is -5.80. The Balaban J connectivity index is 1.35. The molecule has 9 heteroatoms. The molecule has 4 rings (SSSR count). The molecule has 0 bridgehead atoms. The lowest BCUT2D eigenvalue weighted by atomic mass is 10.0. The quantitative estimate of drug-likeness (QED) is 0.0459. The van der Waals surface area contributed by atoms with E-state index in [4.69, 9.17) is 23.0 Å². The number of allylic oxidation sites excluding steroid dienone is 9. The summed E-state index contributed by atoms with van der Waals surface area (Å²) in [6.45, 7) is 17.8. The van der Waals surface area contributed by atoms with Crippen molar-refractivity contribution in [3.05, 3.63) is 150 Å². The molecule has 1 atom stereocenters. The zero-order chi connectivity index (χ0) is 44.5. The summed E-state index contributed by atoms with van der Waals surface area (Å²) in [5.41, 5.74) is 7.53. The molecule has 324 valence electrons. The molecule has 61 heavy (non-hydrogen) atoms. The van der Waals surface area contributed by atoms with E-state index in [1.54, 1.807) is 36.4 Å². The Morgan fingerprint density at radius 3 is 1.51 bits per heavy atom. The molecule has 9 nitrogen and oxygen atoms in total. The van der Waals surface area contributed by atoms with E-state index < -0.39 is 23.2 Å². The molecule has 0 N–H and O–H groups in total. The van der Waals surface area contributed by atoms with Crippen LogP contribution in [0.3, 0.4) is 0 Å². The first-order valence-electron chi connectivity index (χ1n) is 21.1. The van der Waals surface area contributed by atoms with Crippen molar-refractivity contribution < 1.29 is 32.6 Å². The number of hydrogen-bond donors (Lipinski definition) is 0. The molecule has 0 aliphatic heterocycles. The molecular weight excluding hydrogens is 769 g/mol. The summed E-state index contributed by atoms with van der Waals surface area (Å²) < 4.78 is 28.6. The lowest BCUT2D eigenvalue weighted by Gasteiger charge is -2.17. The van der Waals surface area contributed by atoms with E-state index in [2.05, 4.69) is 58.9 Å². The minimum Gasteiger partial charge on any atom is -0.425 e. The smallest absolute Gasteiger partial charge is 0.343 e. The monoisotopic (exact) mass is 830 g/mol. The van der Waals surface area contributed by atoms with Gasteiger partial charge in [0.15, 0.2) is 11.5 Å². The highest BCUT2D eigenvalue weighted by molar-refractivity contribution is 5.88. The van der Waals surface area contributed by atoms with E-state index >= 15 is 0 Å². The molecule has 1 unspecified atom stereocenters. The molecule has 0 amide bonds. The van der Waals surface area contributed by atoms with Crippen molar-refractivity contribution in [1.82, 2.24) is 0 Å². The maximum Gasteiger partial charge on any atom is 0.343 e. The second kappa shape index (κ2) is 23.8. The van der Waals surface area contributed by atoms with Gasteiger partial charge in [-0.2, -0.15) is 0 Å². The Bertz CT molecular complexity index is 2480. The van der Waals surface area contributed by atoms with Crippen LogP contribution in [0.15, 0.2) is 137 Å². The number of hydrogen-bond acceptors (Lipinski definition) is 9. The lowest BCUT2D eigenvalue weighted by Crippen LogP contribution is -2.14. The van der Waals surface area contributed by atoms with Crippen molar-refractivity contribution in [2.24, 2.45) is 0 Å². The van der Waals surface area contributed by atoms with Crippen LogP contribution in [0.4, 0.5) is 0 Å². The number of ether oxygens (including phenoxy) is 3. The van der Waals surface area contributed by atoms with Gasteiger partial charge in [0.05, 0.1) is 34.6 Å². The molecule has 0 aliphatic rings. The molecule has 2 aromatic carbocycles. The second-order valence-corrected chi connectivity index (χ2v) is 16.1. The second-order valence-electron chi connectivity index (χ2n) is 16.1. The van der Waals surface area contributed by atoms with Gasteiger partial charge in [0.1, 0.15) is 11.2 Å². The van der Waals surface area contributed by atoms with E-state index in [1.807, 2.05) is 38.1 Å². The predicted octanol–water partition coefficient (Wildman–Crippen LogP) is 12.3. The van der Waals surface area contributed by atoms with Crippen LogP contribution in [-0.2, 0) is 27.2 Å². The van der Waals surface area contributed by atoms with Crippen molar-refractivity contribution in [2.45, 2.75) is 126 Å². The minimum absolute atomic E-state index is 0.172. The van der Waals surface area contributed by atoms with Crippen LogP contribution >= 0.6 is 0 Å². The molecule has 0 fully saturated rings. The van der Waals surface area contributed by atoms with Crippen LogP contribution in [0, 0.1) is 0 Å². The zero-order valence-electron chi connectivity index (χ0n) is 37.4. The zero-order valence-corrected chi connectivity index (χ0v) is 37.4. The van der Waals surface area contributed by atoms with Gasteiger partial charge in [-0.3, -0.25) is 9.59 Å². The third-order valence-electron chi connectivity index (χ3n) is 10.2.